The van der Waals surface area contributed by atoms with Crippen LogP contribution in [0, 0.1) is 0 Å². The van der Waals surface area contributed by atoms with Crippen LogP contribution in [0.25, 0.3) is 5.88 Å². The second-order valence-electron chi connectivity index (χ2n) is 5.79. The Morgan fingerprint density at radius 1 is 1.16 bits per heavy atom. The minimum absolute atomic E-state index is 0.226. The summed E-state index contributed by atoms with van der Waals surface area (Å²) in [7, 11) is -16.9. The van der Waals surface area contributed by atoms with Gasteiger partial charge in [0.2, 0.25) is 5.88 Å². The fraction of sp³-hybridized carbons (Fsp3) is 0.400. The van der Waals surface area contributed by atoms with Gasteiger partial charge in [0.1, 0.15) is 12.7 Å². The van der Waals surface area contributed by atoms with Crippen molar-refractivity contribution < 1.29 is 56.3 Å². The van der Waals surface area contributed by atoms with E-state index in [-0.39, 0.29) is 4.68 Å². The van der Waals surface area contributed by atoms with Crippen molar-refractivity contribution in [3.05, 3.63) is 39.2 Å². The topological polar surface area (TPSA) is 259 Å². The van der Waals surface area contributed by atoms with E-state index in [1.165, 1.54) is 0 Å². The molecule has 1 aromatic rings. The van der Waals surface area contributed by atoms with Crippen LogP contribution in [0.1, 0.15) is 0 Å². The van der Waals surface area contributed by atoms with Crippen LogP contribution < -0.4 is 17.1 Å². The van der Waals surface area contributed by atoms with Crippen molar-refractivity contribution in [3.63, 3.8) is 0 Å². The van der Waals surface area contributed by atoms with E-state index in [1.807, 2.05) is 0 Å². The molecule has 0 saturated carbocycles. The van der Waals surface area contributed by atoms with E-state index in [9.17, 15) is 33.3 Å². The lowest BCUT2D eigenvalue weighted by molar-refractivity contribution is -0.0514. The van der Waals surface area contributed by atoms with E-state index in [0.717, 1.165) is 18.3 Å². The Morgan fingerprint density at radius 3 is 2.32 bits per heavy atom. The highest BCUT2D eigenvalue weighted by atomic mass is 35.5. The number of nitrogen functional groups attached to an aromatic ring is 1. The third kappa shape index (κ3) is 6.35. The maximum atomic E-state index is 12.1. The minimum atomic E-state index is -5.76. The van der Waals surface area contributed by atoms with Gasteiger partial charge in [-0.2, -0.15) is 13.3 Å². The molecule has 0 saturated heterocycles. The normalized spacial score (nSPS) is 25.4. The van der Waals surface area contributed by atoms with Gasteiger partial charge in [-0.05, 0) is 0 Å². The molecular formula is C10H15ClN3O14P3. The quantitative estimate of drug-likeness (QED) is 0.117. The highest BCUT2D eigenvalue weighted by Gasteiger charge is 2.48. The second kappa shape index (κ2) is 8.90. The minimum Gasteiger partial charge on any atom is -0.465 e. The lowest BCUT2D eigenvalue weighted by Crippen LogP contribution is -2.47. The number of hydrogen-bond donors (Lipinski definition) is 6. The molecule has 2 heterocycles. The largest absolute Gasteiger partial charge is 0.490 e. The van der Waals surface area contributed by atoms with Crippen LogP contribution in [0.15, 0.2) is 27.9 Å². The average molecular weight is 530 g/mol. The van der Waals surface area contributed by atoms with E-state index in [4.69, 9.17) is 36.9 Å². The fourth-order valence-electron chi connectivity index (χ4n) is 2.13. The van der Waals surface area contributed by atoms with Crippen molar-refractivity contribution in [1.29, 1.82) is 0 Å². The molecule has 0 fully saturated rings. The van der Waals surface area contributed by atoms with Gasteiger partial charge < -0.3 is 35.3 Å². The van der Waals surface area contributed by atoms with E-state index in [0.29, 0.717) is 4.57 Å². The maximum absolute atomic E-state index is 12.1. The lowest BCUT2D eigenvalue weighted by Gasteiger charge is -2.30. The fourth-order valence-corrected chi connectivity index (χ4v) is 5.50. The molecule has 2 unspecified atom stereocenters. The average Bonchev–Trinajstić information content (AvgIpc) is 2.92. The monoisotopic (exact) mass is 529 g/mol. The van der Waals surface area contributed by atoms with E-state index in [1.54, 1.807) is 0 Å². The van der Waals surface area contributed by atoms with Crippen molar-refractivity contribution in [2.24, 2.45) is 0 Å². The predicted molar refractivity (Wildman–Crippen MR) is 99.7 cm³/mol. The lowest BCUT2D eigenvalue weighted by atomic mass is 10.0. The Labute approximate surface area is 176 Å². The van der Waals surface area contributed by atoms with Crippen molar-refractivity contribution in [2.45, 2.75) is 11.7 Å². The zero-order valence-corrected chi connectivity index (χ0v) is 18.3. The third-order valence-electron chi connectivity index (χ3n) is 3.51. The summed E-state index contributed by atoms with van der Waals surface area (Å²) in [5.41, 5.74) is -3.97. The number of nitrogens with two attached hydrogens (primary N) is 1. The molecule has 21 heteroatoms. The first-order chi connectivity index (χ1) is 14.0. The molecule has 1 aliphatic heterocycles. The Morgan fingerprint density at radius 2 is 1.77 bits per heavy atom. The van der Waals surface area contributed by atoms with E-state index in [2.05, 4.69) is 13.1 Å². The number of halogens is 1. The number of nitrogens with zero attached hydrogens (tertiary/aromatic N) is 2. The molecule has 1 aromatic heterocycles. The summed E-state index contributed by atoms with van der Waals surface area (Å²) in [4.78, 5) is 59.1. The zero-order valence-electron chi connectivity index (χ0n) is 14.8. The van der Waals surface area contributed by atoms with Crippen molar-refractivity contribution in [3.8, 4) is 0 Å². The summed E-state index contributed by atoms with van der Waals surface area (Å²) in [6.07, 6.45) is 0.200. The standard InChI is InChI=1S/C10H15ClN3O14P3/c11-4-10(5-25-30(21,22)28-31(23,24)27-29(18,19)20)6(15)3-8(26-10)13-2-1-7(16)14(12)9(13)17/h1-3,6,15H,4-5,12H2,(H,21,22)(H,23,24)(H2,18,19,20)/t6-,10+/m0/s1. The summed E-state index contributed by atoms with van der Waals surface area (Å²) < 4.78 is 51.7. The third-order valence-corrected chi connectivity index (χ3v) is 7.75. The maximum Gasteiger partial charge on any atom is 0.490 e. The summed E-state index contributed by atoms with van der Waals surface area (Å²) in [5.74, 6) is 4.24. The molecule has 0 bridgehead atoms. The van der Waals surface area contributed by atoms with Crippen LogP contribution >= 0.6 is 35.1 Å². The van der Waals surface area contributed by atoms with Crippen LogP contribution in [0.3, 0.4) is 0 Å². The Kier molecular flexibility index (Phi) is 7.45. The number of aromatic nitrogens is 2. The van der Waals surface area contributed by atoms with Crippen LogP contribution in [-0.4, -0.2) is 58.1 Å². The molecule has 0 amide bonds. The molecule has 2 rings (SSSR count). The van der Waals surface area contributed by atoms with E-state index < -0.39 is 64.8 Å². The molecular weight excluding hydrogens is 514 g/mol. The van der Waals surface area contributed by atoms with E-state index >= 15 is 0 Å². The first-order valence-electron chi connectivity index (χ1n) is 7.54. The van der Waals surface area contributed by atoms with Crippen molar-refractivity contribution in [1.82, 2.24) is 9.24 Å². The van der Waals surface area contributed by atoms with Gasteiger partial charge in [0.15, 0.2) is 5.60 Å². The van der Waals surface area contributed by atoms with Crippen LogP contribution in [0.2, 0.25) is 0 Å². The SMILES string of the molecule is Nn1c(=O)ccn(C2=C[C@H](O)[C@@](CCl)(COP(=O)(O)OP(=O)(O)OP(=O)(O)O)O2)c1=O. The molecule has 176 valence electrons. The number of phosphoric ester groups is 1. The second-order valence-corrected chi connectivity index (χ2v) is 10.5. The smallest absolute Gasteiger partial charge is 0.465 e. The van der Waals surface area contributed by atoms with Gasteiger partial charge in [-0.3, -0.25) is 9.32 Å². The summed E-state index contributed by atoms with van der Waals surface area (Å²) in [5, 5.41) is 10.2. The Balaban J connectivity index is 2.19. The number of rotatable bonds is 9. The number of aliphatic hydroxyl groups is 1. The number of hydrogen-bond acceptors (Lipinski definition) is 11. The number of alkyl halides is 1. The van der Waals surface area contributed by atoms with Gasteiger partial charge in [0.05, 0.1) is 5.88 Å². The summed E-state index contributed by atoms with van der Waals surface area (Å²) in [6.45, 7) is -1.10. The molecule has 17 nitrogen and oxygen atoms in total. The number of ether oxygens (including phenoxy) is 1. The van der Waals surface area contributed by atoms with Gasteiger partial charge in [-0.15, -0.1) is 11.6 Å². The summed E-state index contributed by atoms with van der Waals surface area (Å²) in [6, 6.07) is 0.894. The number of phosphoric acid groups is 3. The van der Waals surface area contributed by atoms with Crippen LogP contribution in [-0.2, 0) is 31.6 Å². The molecule has 0 aliphatic carbocycles. The molecule has 1 aliphatic rings. The van der Waals surface area contributed by atoms with Gasteiger partial charge in [0, 0.05) is 18.3 Å². The number of aliphatic hydroxyl groups excluding tert-OH is 1. The molecule has 0 radical (unpaired) electrons. The molecule has 7 N–H and O–H groups in total. The Hall–Kier alpha value is -1.32. The van der Waals surface area contributed by atoms with Gasteiger partial charge in [0.25, 0.3) is 5.56 Å². The van der Waals surface area contributed by atoms with Crippen molar-refractivity contribution in [2.75, 3.05) is 18.3 Å². The van der Waals surface area contributed by atoms with Gasteiger partial charge in [-0.1, -0.05) is 0 Å². The molecule has 0 spiro atoms. The highest BCUT2D eigenvalue weighted by Crippen LogP contribution is 2.66. The predicted octanol–water partition coefficient (Wildman–Crippen LogP) is -1.77. The molecule has 31 heavy (non-hydrogen) atoms. The van der Waals surface area contributed by atoms with Crippen LogP contribution in [0.5, 0.6) is 0 Å². The van der Waals surface area contributed by atoms with Crippen molar-refractivity contribution >= 4 is 41.0 Å². The highest BCUT2D eigenvalue weighted by molar-refractivity contribution is 7.66. The zero-order chi connectivity index (χ0) is 23.8. The first kappa shape index (κ1) is 25.9. The summed E-state index contributed by atoms with van der Waals surface area (Å²) >= 11 is 5.75. The molecule has 0 aromatic carbocycles. The first-order valence-corrected chi connectivity index (χ1v) is 12.6. The molecule has 4 atom stereocenters. The van der Waals surface area contributed by atoms with Gasteiger partial charge in [-0.25, -0.2) is 23.1 Å². The van der Waals surface area contributed by atoms with Crippen LogP contribution in [0.4, 0.5) is 0 Å². The Bertz CT molecular complexity index is 1140. The van der Waals surface area contributed by atoms with Gasteiger partial charge >= 0.3 is 29.2 Å².